The largest absolute Gasteiger partial charge is 0.497 e. The number of aromatic nitrogens is 2. The van der Waals surface area contributed by atoms with E-state index in [-0.39, 0.29) is 5.91 Å². The molecule has 0 bridgehead atoms. The zero-order valence-corrected chi connectivity index (χ0v) is 14.8. The Morgan fingerprint density at radius 3 is 3.00 bits per heavy atom. The number of hydrogen-bond acceptors (Lipinski definition) is 5. The molecule has 2 aromatic heterocycles. The highest BCUT2D eigenvalue weighted by Gasteiger charge is 2.08. The molecular formula is C19H19N3O2S. The van der Waals surface area contributed by atoms with Crippen molar-refractivity contribution in [3.8, 4) is 16.3 Å². The van der Waals surface area contributed by atoms with Crippen LogP contribution in [0.25, 0.3) is 10.6 Å². The monoisotopic (exact) mass is 353 g/mol. The van der Waals surface area contributed by atoms with E-state index in [9.17, 15) is 4.79 Å². The number of carbonyl (C=O) groups is 1. The van der Waals surface area contributed by atoms with E-state index in [1.165, 1.54) is 0 Å². The average molecular weight is 353 g/mol. The molecule has 0 saturated carbocycles. The predicted molar refractivity (Wildman–Crippen MR) is 98.5 cm³/mol. The summed E-state index contributed by atoms with van der Waals surface area (Å²) in [6.07, 6.45) is 4.51. The van der Waals surface area contributed by atoms with Gasteiger partial charge in [0.2, 0.25) is 5.91 Å². The molecular weight excluding hydrogens is 334 g/mol. The molecule has 6 heteroatoms. The van der Waals surface area contributed by atoms with Crippen molar-refractivity contribution in [3.05, 3.63) is 65.4 Å². The molecule has 0 saturated heterocycles. The number of carbonyl (C=O) groups excluding carboxylic acids is 1. The zero-order valence-electron chi connectivity index (χ0n) is 13.9. The molecule has 1 N–H and O–H groups in total. The van der Waals surface area contributed by atoms with Crippen molar-refractivity contribution in [1.29, 1.82) is 0 Å². The second-order valence-corrected chi connectivity index (χ2v) is 6.37. The highest BCUT2D eigenvalue weighted by atomic mass is 32.1. The van der Waals surface area contributed by atoms with E-state index in [0.717, 1.165) is 27.6 Å². The SMILES string of the molecule is COc1cccc(-c2nc(CCC(=O)NCc3cccnc3)cs2)c1. The van der Waals surface area contributed by atoms with Gasteiger partial charge in [0.1, 0.15) is 10.8 Å². The molecule has 2 heterocycles. The Balaban J connectivity index is 1.52. The van der Waals surface area contributed by atoms with Gasteiger partial charge in [-0.15, -0.1) is 11.3 Å². The van der Waals surface area contributed by atoms with Gasteiger partial charge in [-0.25, -0.2) is 4.98 Å². The highest BCUT2D eigenvalue weighted by molar-refractivity contribution is 7.13. The van der Waals surface area contributed by atoms with Crippen molar-refractivity contribution in [3.63, 3.8) is 0 Å². The number of nitrogens with one attached hydrogen (secondary N) is 1. The number of methoxy groups -OCH3 is 1. The van der Waals surface area contributed by atoms with Crippen LogP contribution >= 0.6 is 11.3 Å². The number of nitrogens with zero attached hydrogens (tertiary/aromatic N) is 2. The van der Waals surface area contributed by atoms with Crippen molar-refractivity contribution in [2.45, 2.75) is 19.4 Å². The summed E-state index contributed by atoms with van der Waals surface area (Å²) in [5.41, 5.74) is 2.95. The normalized spacial score (nSPS) is 10.4. The van der Waals surface area contributed by atoms with Crippen LogP contribution in [0, 0.1) is 0 Å². The third kappa shape index (κ3) is 4.87. The molecule has 0 unspecified atom stereocenters. The molecule has 5 nitrogen and oxygen atoms in total. The molecule has 128 valence electrons. The number of thiazole rings is 1. The Morgan fingerprint density at radius 1 is 1.28 bits per heavy atom. The fourth-order valence-electron chi connectivity index (χ4n) is 2.34. The van der Waals surface area contributed by atoms with E-state index in [1.807, 2.05) is 41.8 Å². The molecule has 1 aromatic carbocycles. The first kappa shape index (κ1) is 17.1. The Morgan fingerprint density at radius 2 is 2.20 bits per heavy atom. The Bertz CT molecular complexity index is 833. The summed E-state index contributed by atoms with van der Waals surface area (Å²) < 4.78 is 5.24. The van der Waals surface area contributed by atoms with Gasteiger partial charge in [-0.1, -0.05) is 18.2 Å². The summed E-state index contributed by atoms with van der Waals surface area (Å²) in [7, 11) is 1.65. The fraction of sp³-hybridized carbons (Fsp3) is 0.211. The van der Waals surface area contributed by atoms with Gasteiger partial charge in [0.05, 0.1) is 12.8 Å². The van der Waals surface area contributed by atoms with Crippen molar-refractivity contribution >= 4 is 17.2 Å². The lowest BCUT2D eigenvalue weighted by molar-refractivity contribution is -0.121. The van der Waals surface area contributed by atoms with Gasteiger partial charge in [-0.3, -0.25) is 9.78 Å². The van der Waals surface area contributed by atoms with Crippen LogP contribution in [-0.4, -0.2) is 23.0 Å². The van der Waals surface area contributed by atoms with Crippen LogP contribution in [0.2, 0.25) is 0 Å². The van der Waals surface area contributed by atoms with Crippen LogP contribution in [0.15, 0.2) is 54.2 Å². The highest BCUT2D eigenvalue weighted by Crippen LogP contribution is 2.27. The summed E-state index contributed by atoms with van der Waals surface area (Å²) in [4.78, 5) is 20.6. The van der Waals surface area contributed by atoms with Crippen LogP contribution in [-0.2, 0) is 17.8 Å². The Hall–Kier alpha value is -2.73. The predicted octanol–water partition coefficient (Wildman–Crippen LogP) is 3.46. The number of aryl methyl sites for hydroxylation is 1. The number of hydrogen-bond donors (Lipinski definition) is 1. The van der Waals surface area contributed by atoms with E-state index >= 15 is 0 Å². The summed E-state index contributed by atoms with van der Waals surface area (Å²) in [6, 6.07) is 11.6. The average Bonchev–Trinajstić information content (AvgIpc) is 3.15. The number of ether oxygens (including phenoxy) is 1. The molecule has 0 aliphatic rings. The molecule has 0 atom stereocenters. The molecule has 3 aromatic rings. The molecule has 1 amide bonds. The van der Waals surface area contributed by atoms with Crippen molar-refractivity contribution < 1.29 is 9.53 Å². The number of amides is 1. The van der Waals surface area contributed by atoms with Gasteiger partial charge >= 0.3 is 0 Å². The van der Waals surface area contributed by atoms with Gasteiger partial charge < -0.3 is 10.1 Å². The van der Waals surface area contributed by atoms with E-state index in [0.29, 0.717) is 19.4 Å². The van der Waals surface area contributed by atoms with Crippen molar-refractivity contribution in [2.24, 2.45) is 0 Å². The molecule has 0 aliphatic heterocycles. The minimum absolute atomic E-state index is 0.0137. The fourth-order valence-corrected chi connectivity index (χ4v) is 3.20. The molecule has 3 rings (SSSR count). The third-order valence-corrected chi connectivity index (χ3v) is 4.63. The summed E-state index contributed by atoms with van der Waals surface area (Å²) in [5.74, 6) is 0.823. The van der Waals surface area contributed by atoms with Crippen LogP contribution in [0.4, 0.5) is 0 Å². The summed E-state index contributed by atoms with van der Waals surface area (Å²) in [5, 5.41) is 5.84. The van der Waals surface area contributed by atoms with Gasteiger partial charge in [0.15, 0.2) is 0 Å². The minimum atomic E-state index is 0.0137. The first-order chi connectivity index (χ1) is 12.2. The minimum Gasteiger partial charge on any atom is -0.497 e. The van der Waals surface area contributed by atoms with E-state index in [1.54, 1.807) is 30.8 Å². The molecule has 0 radical (unpaired) electrons. The lowest BCUT2D eigenvalue weighted by Gasteiger charge is -2.04. The number of benzene rings is 1. The van der Waals surface area contributed by atoms with E-state index in [4.69, 9.17) is 4.74 Å². The van der Waals surface area contributed by atoms with Crippen LogP contribution in [0.5, 0.6) is 5.75 Å². The summed E-state index contributed by atoms with van der Waals surface area (Å²) in [6.45, 7) is 0.499. The maximum absolute atomic E-state index is 12.0. The van der Waals surface area contributed by atoms with E-state index in [2.05, 4.69) is 15.3 Å². The molecule has 0 aliphatic carbocycles. The topological polar surface area (TPSA) is 64.1 Å². The van der Waals surface area contributed by atoms with Crippen LogP contribution in [0.1, 0.15) is 17.7 Å². The number of rotatable bonds is 7. The maximum Gasteiger partial charge on any atom is 0.220 e. The second-order valence-electron chi connectivity index (χ2n) is 5.51. The lowest BCUT2D eigenvalue weighted by Crippen LogP contribution is -2.23. The van der Waals surface area contributed by atoms with Crippen LogP contribution < -0.4 is 10.1 Å². The molecule has 0 fully saturated rings. The first-order valence-corrected chi connectivity index (χ1v) is 8.87. The van der Waals surface area contributed by atoms with E-state index < -0.39 is 0 Å². The van der Waals surface area contributed by atoms with Crippen molar-refractivity contribution in [1.82, 2.24) is 15.3 Å². The Labute approximate surface area is 150 Å². The Kier molecular flexibility index (Phi) is 5.74. The second kappa shape index (κ2) is 8.39. The standard InChI is InChI=1S/C19H19N3O2S/c1-24-17-6-2-5-15(10-17)19-22-16(13-25-19)7-8-18(23)21-12-14-4-3-9-20-11-14/h2-6,9-11,13H,7-8,12H2,1H3,(H,21,23). The molecule has 0 spiro atoms. The smallest absolute Gasteiger partial charge is 0.220 e. The third-order valence-electron chi connectivity index (χ3n) is 3.69. The summed E-state index contributed by atoms with van der Waals surface area (Å²) >= 11 is 1.58. The van der Waals surface area contributed by atoms with Crippen LogP contribution in [0.3, 0.4) is 0 Å². The molecule has 25 heavy (non-hydrogen) atoms. The first-order valence-electron chi connectivity index (χ1n) is 7.99. The maximum atomic E-state index is 12.0. The number of pyridine rings is 1. The zero-order chi connectivity index (χ0) is 17.5. The van der Waals surface area contributed by atoms with Gasteiger partial charge in [-0.2, -0.15) is 0 Å². The van der Waals surface area contributed by atoms with Gasteiger partial charge in [0, 0.05) is 36.3 Å². The van der Waals surface area contributed by atoms with Gasteiger partial charge in [0.25, 0.3) is 0 Å². The van der Waals surface area contributed by atoms with Crippen molar-refractivity contribution in [2.75, 3.05) is 7.11 Å². The van der Waals surface area contributed by atoms with Gasteiger partial charge in [-0.05, 0) is 30.2 Å². The lowest BCUT2D eigenvalue weighted by atomic mass is 10.2. The quantitative estimate of drug-likeness (QED) is 0.706.